The zero-order valence-corrected chi connectivity index (χ0v) is 12.8. The minimum Gasteiger partial charge on any atom is -0.383 e. The fourth-order valence-corrected chi connectivity index (χ4v) is 2.64. The Hall–Kier alpha value is -0.460. The lowest BCUT2D eigenvalue weighted by atomic mass is 10.2. The molecule has 0 amide bonds. The molecule has 0 aromatic heterocycles. The van der Waals surface area contributed by atoms with E-state index in [1.807, 2.05) is 0 Å². The molecule has 1 unspecified atom stereocenters. The van der Waals surface area contributed by atoms with Gasteiger partial charge >= 0.3 is 6.18 Å². The van der Waals surface area contributed by atoms with Crippen molar-refractivity contribution in [3.05, 3.63) is 28.2 Å². The number of anilines is 1. The minimum absolute atomic E-state index is 0.232. The Morgan fingerprint density at radius 2 is 2.05 bits per heavy atom. The van der Waals surface area contributed by atoms with Crippen molar-refractivity contribution in [1.29, 1.82) is 0 Å². The lowest BCUT2D eigenvalue weighted by Gasteiger charge is -2.23. The molecule has 1 rings (SSSR count). The molecule has 1 aromatic rings. The van der Waals surface area contributed by atoms with Crippen LogP contribution in [0.15, 0.2) is 22.7 Å². The Morgan fingerprint density at radius 3 is 2.53 bits per heavy atom. The molecular weight excluding hydrogens is 346 g/mol. The maximum Gasteiger partial charge on any atom is 0.416 e. The second kappa shape index (κ2) is 6.81. The second-order valence-corrected chi connectivity index (χ2v) is 5.57. The van der Waals surface area contributed by atoms with E-state index in [-0.39, 0.29) is 5.38 Å². The number of benzene rings is 1. The molecule has 0 spiro atoms. The normalized spacial score (nSPS) is 13.4. The molecule has 0 aliphatic heterocycles. The number of hydrogen-bond donors (Lipinski definition) is 0. The average Bonchev–Trinajstić information content (AvgIpc) is 2.27. The van der Waals surface area contributed by atoms with Crippen LogP contribution < -0.4 is 4.90 Å². The van der Waals surface area contributed by atoms with E-state index in [0.717, 1.165) is 12.1 Å². The van der Waals surface area contributed by atoms with Gasteiger partial charge in [0.1, 0.15) is 0 Å². The van der Waals surface area contributed by atoms with Crippen molar-refractivity contribution in [3.63, 3.8) is 0 Å². The van der Waals surface area contributed by atoms with Crippen LogP contribution >= 0.6 is 27.5 Å². The van der Waals surface area contributed by atoms with Gasteiger partial charge in [0, 0.05) is 25.2 Å². The van der Waals surface area contributed by atoms with E-state index in [9.17, 15) is 13.2 Å². The van der Waals surface area contributed by atoms with Crippen molar-refractivity contribution in [2.45, 2.75) is 11.6 Å². The van der Waals surface area contributed by atoms with Crippen molar-refractivity contribution in [1.82, 2.24) is 0 Å². The van der Waals surface area contributed by atoms with Crippen LogP contribution in [0.1, 0.15) is 5.56 Å². The Morgan fingerprint density at radius 1 is 1.42 bits per heavy atom. The maximum absolute atomic E-state index is 12.5. The number of alkyl halides is 4. The monoisotopic (exact) mass is 359 g/mol. The fourth-order valence-electron chi connectivity index (χ4n) is 1.62. The second-order valence-electron chi connectivity index (χ2n) is 4.10. The van der Waals surface area contributed by atoms with Crippen molar-refractivity contribution in [3.8, 4) is 0 Å². The van der Waals surface area contributed by atoms with E-state index in [0.29, 0.717) is 23.3 Å². The SMILES string of the molecule is COCC(Cl)CN(C)c1ccc(C(F)(F)F)cc1Br. The molecule has 19 heavy (non-hydrogen) atoms. The van der Waals surface area contributed by atoms with Gasteiger partial charge in [0.2, 0.25) is 0 Å². The van der Waals surface area contributed by atoms with Crippen LogP contribution in [0, 0.1) is 0 Å². The zero-order chi connectivity index (χ0) is 14.6. The molecule has 0 radical (unpaired) electrons. The summed E-state index contributed by atoms with van der Waals surface area (Å²) in [4.78, 5) is 1.78. The van der Waals surface area contributed by atoms with Gasteiger partial charge in [-0.15, -0.1) is 11.6 Å². The largest absolute Gasteiger partial charge is 0.416 e. The van der Waals surface area contributed by atoms with Crippen molar-refractivity contribution in [2.24, 2.45) is 0 Å². The molecule has 0 saturated carbocycles. The highest BCUT2D eigenvalue weighted by atomic mass is 79.9. The smallest absolute Gasteiger partial charge is 0.383 e. The quantitative estimate of drug-likeness (QED) is 0.731. The Balaban J connectivity index is 2.84. The molecule has 1 aromatic carbocycles. The predicted octanol–water partition coefficient (Wildman–Crippen LogP) is 4.16. The molecule has 0 heterocycles. The standard InChI is InChI=1S/C12H14BrClF3NO/c1-18(6-9(14)7-19-2)11-4-3-8(5-10(11)13)12(15,16)17/h3-5,9H,6-7H2,1-2H3. The van der Waals surface area contributed by atoms with Crippen molar-refractivity contribution < 1.29 is 17.9 Å². The first-order valence-corrected chi connectivity index (χ1v) is 6.69. The first-order valence-electron chi connectivity index (χ1n) is 5.46. The number of methoxy groups -OCH3 is 1. The Labute approximate surface area is 123 Å². The number of hydrogen-bond acceptors (Lipinski definition) is 2. The van der Waals surface area contributed by atoms with Gasteiger partial charge < -0.3 is 9.64 Å². The summed E-state index contributed by atoms with van der Waals surface area (Å²) in [5, 5.41) is -0.232. The van der Waals surface area contributed by atoms with Crippen LogP contribution in [0.2, 0.25) is 0 Å². The number of ether oxygens (including phenoxy) is 1. The molecule has 7 heteroatoms. The minimum atomic E-state index is -4.34. The van der Waals surface area contributed by atoms with Gasteiger partial charge in [-0.25, -0.2) is 0 Å². The number of halogens is 5. The van der Waals surface area contributed by atoms with Gasteiger partial charge in [0.25, 0.3) is 0 Å². The van der Waals surface area contributed by atoms with Crippen LogP contribution in [0.4, 0.5) is 18.9 Å². The highest BCUT2D eigenvalue weighted by Crippen LogP contribution is 2.35. The van der Waals surface area contributed by atoms with E-state index in [1.54, 1.807) is 19.1 Å². The van der Waals surface area contributed by atoms with Gasteiger partial charge in [-0.05, 0) is 34.1 Å². The number of nitrogens with zero attached hydrogens (tertiary/aromatic N) is 1. The lowest BCUT2D eigenvalue weighted by molar-refractivity contribution is -0.137. The van der Waals surface area contributed by atoms with E-state index in [4.69, 9.17) is 16.3 Å². The molecule has 0 bridgehead atoms. The topological polar surface area (TPSA) is 12.5 Å². The summed E-state index contributed by atoms with van der Waals surface area (Å²) < 4.78 is 42.9. The average molecular weight is 361 g/mol. The molecule has 108 valence electrons. The third-order valence-corrected chi connectivity index (χ3v) is 3.40. The van der Waals surface area contributed by atoms with Gasteiger partial charge in [-0.1, -0.05) is 0 Å². The Bertz CT molecular complexity index is 428. The van der Waals surface area contributed by atoms with Crippen molar-refractivity contribution in [2.75, 3.05) is 32.2 Å². The number of rotatable bonds is 5. The first kappa shape index (κ1) is 16.6. The summed E-state index contributed by atoms with van der Waals surface area (Å²) in [7, 11) is 3.31. The highest BCUT2D eigenvalue weighted by Gasteiger charge is 2.31. The molecule has 0 saturated heterocycles. The van der Waals surface area contributed by atoms with Crippen LogP contribution in [-0.4, -0.2) is 32.7 Å². The molecule has 0 fully saturated rings. The summed E-state index contributed by atoms with van der Waals surface area (Å²) in [5.41, 5.74) is -0.0365. The highest BCUT2D eigenvalue weighted by molar-refractivity contribution is 9.10. The van der Waals surface area contributed by atoms with Crippen LogP contribution in [-0.2, 0) is 10.9 Å². The maximum atomic E-state index is 12.5. The van der Waals surface area contributed by atoms with Gasteiger partial charge in [-0.3, -0.25) is 0 Å². The molecule has 0 aliphatic carbocycles. The molecule has 1 atom stereocenters. The van der Waals surface area contributed by atoms with E-state index in [1.165, 1.54) is 6.07 Å². The van der Waals surface area contributed by atoms with Crippen molar-refractivity contribution >= 4 is 33.2 Å². The van der Waals surface area contributed by atoms with Crippen LogP contribution in [0.5, 0.6) is 0 Å². The summed E-state index contributed by atoms with van der Waals surface area (Å²) in [6.45, 7) is 0.851. The summed E-state index contributed by atoms with van der Waals surface area (Å²) in [6.07, 6.45) is -4.34. The molecular formula is C12H14BrClF3NO. The van der Waals surface area contributed by atoms with E-state index < -0.39 is 11.7 Å². The summed E-state index contributed by atoms with van der Waals surface area (Å²) in [5.74, 6) is 0. The van der Waals surface area contributed by atoms with E-state index >= 15 is 0 Å². The van der Waals surface area contributed by atoms with Gasteiger partial charge in [0.05, 0.1) is 23.2 Å². The molecule has 0 N–H and O–H groups in total. The van der Waals surface area contributed by atoms with E-state index in [2.05, 4.69) is 15.9 Å². The predicted molar refractivity (Wildman–Crippen MR) is 73.9 cm³/mol. The zero-order valence-electron chi connectivity index (χ0n) is 10.5. The Kier molecular flexibility index (Phi) is 5.95. The van der Waals surface area contributed by atoms with Gasteiger partial charge in [-0.2, -0.15) is 13.2 Å². The summed E-state index contributed by atoms with van der Waals surface area (Å²) >= 11 is 9.17. The van der Waals surface area contributed by atoms with Crippen LogP contribution in [0.25, 0.3) is 0 Å². The fraction of sp³-hybridized carbons (Fsp3) is 0.500. The molecule has 2 nitrogen and oxygen atoms in total. The third kappa shape index (κ3) is 4.85. The third-order valence-electron chi connectivity index (χ3n) is 2.51. The molecule has 0 aliphatic rings. The van der Waals surface area contributed by atoms with Gasteiger partial charge in [0.15, 0.2) is 0 Å². The first-order chi connectivity index (χ1) is 8.75. The summed E-state index contributed by atoms with van der Waals surface area (Å²) in [6, 6.07) is 3.53. The lowest BCUT2D eigenvalue weighted by Crippen LogP contribution is -2.28. The van der Waals surface area contributed by atoms with Crippen LogP contribution in [0.3, 0.4) is 0 Å².